The molecule has 0 radical (unpaired) electrons. The van der Waals surface area contributed by atoms with Crippen LogP contribution in [0.5, 0.6) is 0 Å². The number of halogens is 1. The zero-order valence-corrected chi connectivity index (χ0v) is 19.2. The van der Waals surface area contributed by atoms with E-state index in [0.717, 1.165) is 15.6 Å². The lowest BCUT2D eigenvalue weighted by molar-refractivity contribution is 0.102. The van der Waals surface area contributed by atoms with E-state index in [4.69, 9.17) is 15.7 Å². The highest BCUT2D eigenvalue weighted by molar-refractivity contribution is 9.10. The average molecular weight is 499 g/mol. The number of carbonyl (C=O) groups is 1. The molecule has 0 unspecified atom stereocenters. The van der Waals surface area contributed by atoms with Crippen LogP contribution in [0, 0.1) is 6.92 Å². The molecule has 33 heavy (non-hydrogen) atoms. The first-order valence-corrected chi connectivity index (χ1v) is 11.0. The van der Waals surface area contributed by atoms with Gasteiger partial charge in [-0.2, -0.15) is 9.78 Å². The molecule has 0 aliphatic heterocycles. The molecule has 162 valence electrons. The van der Waals surface area contributed by atoms with E-state index in [9.17, 15) is 4.79 Å². The summed E-state index contributed by atoms with van der Waals surface area (Å²) in [6.07, 6.45) is 1.67. The standard InChI is InChI=1S/C25H19BrN6O/c1-15-6-4-9-18(12-15)29-25(33)21-22-24(31-20-11-3-2-10-19(20)30-22)32(23(21)27)28-14-16-7-5-8-17(26)13-16/h2-14H,27H2,1H3,(H,29,33)/b28-14+. The molecular formula is C25H19BrN6O. The topological polar surface area (TPSA) is 98.2 Å². The van der Waals surface area contributed by atoms with E-state index < -0.39 is 0 Å². The number of nitrogens with one attached hydrogen (secondary N) is 1. The van der Waals surface area contributed by atoms with E-state index in [0.29, 0.717) is 27.9 Å². The van der Waals surface area contributed by atoms with Crippen LogP contribution < -0.4 is 11.1 Å². The lowest BCUT2D eigenvalue weighted by Crippen LogP contribution is -2.14. The number of nitrogens with zero attached hydrogens (tertiary/aromatic N) is 4. The third-order valence-electron chi connectivity index (χ3n) is 5.15. The third-order valence-corrected chi connectivity index (χ3v) is 5.64. The molecule has 5 rings (SSSR count). The van der Waals surface area contributed by atoms with Crippen molar-refractivity contribution in [2.45, 2.75) is 6.92 Å². The van der Waals surface area contributed by atoms with E-state index in [2.05, 4.69) is 26.3 Å². The monoisotopic (exact) mass is 498 g/mol. The highest BCUT2D eigenvalue weighted by Crippen LogP contribution is 2.29. The molecule has 2 heterocycles. The molecule has 8 heteroatoms. The largest absolute Gasteiger partial charge is 0.383 e. The Balaban J connectivity index is 1.67. The maximum absolute atomic E-state index is 13.3. The molecule has 3 N–H and O–H groups in total. The Hall–Kier alpha value is -4.04. The van der Waals surface area contributed by atoms with Crippen molar-refractivity contribution in [3.05, 3.63) is 94.0 Å². The summed E-state index contributed by atoms with van der Waals surface area (Å²) in [6.45, 7) is 1.96. The Bertz CT molecular complexity index is 1560. The third kappa shape index (κ3) is 4.08. The summed E-state index contributed by atoms with van der Waals surface area (Å²) in [5, 5.41) is 7.46. The molecule has 0 saturated carbocycles. The van der Waals surface area contributed by atoms with Gasteiger partial charge in [0.1, 0.15) is 16.9 Å². The number of hydrogen-bond donors (Lipinski definition) is 2. The van der Waals surface area contributed by atoms with Gasteiger partial charge in [0.25, 0.3) is 5.91 Å². The van der Waals surface area contributed by atoms with Crippen molar-refractivity contribution >= 4 is 61.8 Å². The van der Waals surface area contributed by atoms with Gasteiger partial charge in [-0.25, -0.2) is 9.97 Å². The van der Waals surface area contributed by atoms with Crippen molar-refractivity contribution in [3.63, 3.8) is 0 Å². The molecule has 3 aromatic carbocycles. The van der Waals surface area contributed by atoms with Crippen LogP contribution in [0.2, 0.25) is 0 Å². The van der Waals surface area contributed by atoms with Gasteiger partial charge in [-0.15, -0.1) is 0 Å². The van der Waals surface area contributed by atoms with Gasteiger partial charge < -0.3 is 11.1 Å². The van der Waals surface area contributed by atoms with Gasteiger partial charge in [0.05, 0.1) is 17.2 Å². The summed E-state index contributed by atoms with van der Waals surface area (Å²) in [6, 6.07) is 22.7. The fourth-order valence-electron chi connectivity index (χ4n) is 3.62. The normalized spacial score (nSPS) is 11.5. The number of nitrogens with two attached hydrogens (primary N) is 1. The maximum Gasteiger partial charge on any atom is 0.261 e. The summed E-state index contributed by atoms with van der Waals surface area (Å²) in [7, 11) is 0. The number of para-hydroxylation sites is 2. The second-order valence-electron chi connectivity index (χ2n) is 7.58. The Morgan fingerprint density at radius 2 is 1.79 bits per heavy atom. The first kappa shape index (κ1) is 20.8. The summed E-state index contributed by atoms with van der Waals surface area (Å²) in [5.41, 5.74) is 11.4. The maximum atomic E-state index is 13.3. The number of amides is 1. The highest BCUT2D eigenvalue weighted by Gasteiger charge is 2.24. The molecule has 0 bridgehead atoms. The lowest BCUT2D eigenvalue weighted by Gasteiger charge is -2.06. The molecule has 5 aromatic rings. The minimum absolute atomic E-state index is 0.164. The van der Waals surface area contributed by atoms with Gasteiger partial charge in [0.15, 0.2) is 5.65 Å². The molecule has 0 saturated heterocycles. The van der Waals surface area contributed by atoms with Crippen molar-refractivity contribution in [2.75, 3.05) is 11.1 Å². The minimum atomic E-state index is -0.371. The summed E-state index contributed by atoms with van der Waals surface area (Å²) < 4.78 is 2.39. The second-order valence-corrected chi connectivity index (χ2v) is 8.50. The van der Waals surface area contributed by atoms with Crippen LogP contribution in [0.25, 0.3) is 22.2 Å². The van der Waals surface area contributed by atoms with Crippen molar-refractivity contribution in [1.82, 2.24) is 14.6 Å². The Labute approximate surface area is 198 Å². The van der Waals surface area contributed by atoms with Gasteiger partial charge >= 0.3 is 0 Å². The van der Waals surface area contributed by atoms with Gasteiger partial charge in [0.2, 0.25) is 0 Å². The number of hydrogen-bond acceptors (Lipinski definition) is 5. The number of nitrogen functional groups attached to an aromatic ring is 1. The molecule has 1 amide bonds. The van der Waals surface area contributed by atoms with Crippen LogP contribution in [0.4, 0.5) is 11.5 Å². The van der Waals surface area contributed by atoms with E-state index in [-0.39, 0.29) is 17.3 Å². The molecule has 0 spiro atoms. The fourth-order valence-corrected chi connectivity index (χ4v) is 4.03. The Kier molecular flexibility index (Phi) is 5.35. The van der Waals surface area contributed by atoms with Gasteiger partial charge in [0, 0.05) is 10.2 Å². The zero-order valence-electron chi connectivity index (χ0n) is 17.7. The fraction of sp³-hybridized carbons (Fsp3) is 0.0400. The van der Waals surface area contributed by atoms with Crippen LogP contribution in [0.3, 0.4) is 0 Å². The predicted molar refractivity (Wildman–Crippen MR) is 136 cm³/mol. The molecular weight excluding hydrogens is 480 g/mol. The van der Waals surface area contributed by atoms with Crippen LogP contribution in [-0.4, -0.2) is 26.8 Å². The van der Waals surface area contributed by atoms with E-state index in [1.54, 1.807) is 6.21 Å². The van der Waals surface area contributed by atoms with E-state index >= 15 is 0 Å². The minimum Gasteiger partial charge on any atom is -0.383 e. The van der Waals surface area contributed by atoms with Crippen molar-refractivity contribution in [2.24, 2.45) is 5.10 Å². The van der Waals surface area contributed by atoms with Crippen LogP contribution in [0.1, 0.15) is 21.5 Å². The van der Waals surface area contributed by atoms with Crippen LogP contribution in [-0.2, 0) is 0 Å². The van der Waals surface area contributed by atoms with Crippen molar-refractivity contribution < 1.29 is 4.79 Å². The second kappa shape index (κ2) is 8.48. The summed E-state index contributed by atoms with van der Waals surface area (Å²) in [4.78, 5) is 22.7. The summed E-state index contributed by atoms with van der Waals surface area (Å²) >= 11 is 3.46. The smallest absolute Gasteiger partial charge is 0.261 e. The van der Waals surface area contributed by atoms with Crippen LogP contribution >= 0.6 is 15.9 Å². The number of anilines is 2. The zero-order chi connectivity index (χ0) is 22.9. The molecule has 0 atom stereocenters. The van der Waals surface area contributed by atoms with Crippen molar-refractivity contribution in [3.8, 4) is 0 Å². The van der Waals surface area contributed by atoms with E-state index in [1.807, 2.05) is 79.7 Å². The molecule has 0 aliphatic carbocycles. The number of rotatable bonds is 4. The van der Waals surface area contributed by atoms with Crippen molar-refractivity contribution in [1.29, 1.82) is 0 Å². The highest BCUT2D eigenvalue weighted by atomic mass is 79.9. The first-order valence-electron chi connectivity index (χ1n) is 10.2. The van der Waals surface area contributed by atoms with Crippen LogP contribution in [0.15, 0.2) is 82.4 Å². The average Bonchev–Trinajstić information content (AvgIpc) is 3.06. The number of aromatic nitrogens is 3. The quantitative estimate of drug-likeness (QED) is 0.325. The molecule has 0 fully saturated rings. The predicted octanol–water partition coefficient (Wildman–Crippen LogP) is 5.37. The van der Waals surface area contributed by atoms with Gasteiger partial charge in [-0.3, -0.25) is 4.79 Å². The number of aryl methyl sites for hydroxylation is 1. The first-order chi connectivity index (χ1) is 16.0. The van der Waals surface area contributed by atoms with Gasteiger partial charge in [-0.1, -0.05) is 52.3 Å². The number of benzene rings is 3. The molecule has 0 aliphatic rings. The Morgan fingerprint density at radius 3 is 2.55 bits per heavy atom. The Morgan fingerprint density at radius 1 is 1.03 bits per heavy atom. The number of fused-ring (bicyclic) bond motifs is 2. The van der Waals surface area contributed by atoms with Gasteiger partial charge in [-0.05, 0) is 54.4 Å². The summed E-state index contributed by atoms with van der Waals surface area (Å²) in [5.74, 6) is -0.208. The lowest BCUT2D eigenvalue weighted by atomic mass is 10.2. The molecule has 2 aromatic heterocycles. The molecule has 7 nitrogen and oxygen atoms in total. The SMILES string of the molecule is Cc1cccc(NC(=O)c2c(N)n(/N=C/c3cccc(Br)c3)c3nc4ccccc4nc23)c1. The van der Waals surface area contributed by atoms with E-state index in [1.165, 1.54) is 4.68 Å². The number of carbonyl (C=O) groups excluding carboxylic acids is 1.